The van der Waals surface area contributed by atoms with Crippen molar-refractivity contribution in [1.29, 1.82) is 0 Å². The molecule has 3 rings (SSSR count). The molecular formula is C16H18F3NO2. The fourth-order valence-corrected chi connectivity index (χ4v) is 3.58. The van der Waals surface area contributed by atoms with Crippen LogP contribution < -0.4 is 0 Å². The van der Waals surface area contributed by atoms with Gasteiger partial charge in [-0.25, -0.2) is 0 Å². The normalized spacial score (nSPS) is 25.4. The number of likely N-dealkylation sites (tertiary alicyclic amines) is 1. The van der Waals surface area contributed by atoms with Gasteiger partial charge in [0.2, 0.25) is 0 Å². The number of halogens is 3. The largest absolute Gasteiger partial charge is 0.481 e. The van der Waals surface area contributed by atoms with Gasteiger partial charge in [-0.1, -0.05) is 18.2 Å². The van der Waals surface area contributed by atoms with Crippen LogP contribution in [-0.2, 0) is 24.2 Å². The molecule has 2 aliphatic rings. The van der Waals surface area contributed by atoms with E-state index in [0.717, 1.165) is 24.8 Å². The molecular weight excluding hydrogens is 295 g/mol. The maximum Gasteiger partial charge on any atom is 0.393 e. The molecule has 1 aliphatic heterocycles. The van der Waals surface area contributed by atoms with E-state index in [0.29, 0.717) is 6.54 Å². The number of carbonyl (C=O) groups is 1. The lowest BCUT2D eigenvalue weighted by atomic mass is 9.96. The zero-order chi connectivity index (χ0) is 15.9. The molecule has 0 saturated carbocycles. The predicted molar refractivity (Wildman–Crippen MR) is 74.4 cm³/mol. The van der Waals surface area contributed by atoms with Gasteiger partial charge in [0.1, 0.15) is 0 Å². The number of carboxylic acids is 1. The average molecular weight is 313 g/mol. The third-order valence-electron chi connectivity index (χ3n) is 4.70. The Morgan fingerprint density at radius 1 is 1.23 bits per heavy atom. The molecule has 1 N–H and O–H groups in total. The lowest BCUT2D eigenvalue weighted by Crippen LogP contribution is -2.33. The van der Waals surface area contributed by atoms with E-state index in [1.165, 1.54) is 11.1 Å². The number of alkyl halides is 3. The van der Waals surface area contributed by atoms with Crippen molar-refractivity contribution in [2.24, 2.45) is 11.8 Å². The first-order chi connectivity index (χ1) is 10.3. The predicted octanol–water partition coefficient (Wildman–Crippen LogP) is 2.87. The molecule has 0 aromatic heterocycles. The molecule has 1 heterocycles. The van der Waals surface area contributed by atoms with Crippen molar-refractivity contribution >= 4 is 5.97 Å². The van der Waals surface area contributed by atoms with Crippen LogP contribution in [-0.4, -0.2) is 35.2 Å². The molecule has 0 unspecified atom stereocenters. The van der Waals surface area contributed by atoms with E-state index in [1.54, 1.807) is 4.90 Å². The Hall–Kier alpha value is -1.56. The Labute approximate surface area is 126 Å². The molecule has 0 amide bonds. The first-order valence-corrected chi connectivity index (χ1v) is 7.47. The van der Waals surface area contributed by atoms with E-state index in [9.17, 15) is 18.0 Å². The molecule has 1 aliphatic carbocycles. The van der Waals surface area contributed by atoms with Gasteiger partial charge < -0.3 is 5.11 Å². The summed E-state index contributed by atoms with van der Waals surface area (Å²) in [6.45, 7) is 0.0950. The first-order valence-electron chi connectivity index (χ1n) is 7.47. The number of aryl methyl sites for hydroxylation is 2. The lowest BCUT2D eigenvalue weighted by molar-refractivity contribution is -0.188. The molecule has 120 valence electrons. The summed E-state index contributed by atoms with van der Waals surface area (Å²) in [5.74, 6) is -4.51. The Balaban J connectivity index is 1.72. The summed E-state index contributed by atoms with van der Waals surface area (Å²) in [6, 6.07) is 6.05. The second-order valence-corrected chi connectivity index (χ2v) is 6.24. The minimum absolute atomic E-state index is 0.0450. The number of hydrogen-bond acceptors (Lipinski definition) is 2. The van der Waals surface area contributed by atoms with Crippen molar-refractivity contribution in [2.45, 2.75) is 32.0 Å². The molecule has 1 fully saturated rings. The van der Waals surface area contributed by atoms with Crippen LogP contribution in [0.2, 0.25) is 0 Å². The first kappa shape index (κ1) is 15.3. The molecule has 6 heteroatoms. The van der Waals surface area contributed by atoms with Gasteiger partial charge in [0, 0.05) is 19.6 Å². The van der Waals surface area contributed by atoms with E-state index in [2.05, 4.69) is 6.07 Å². The van der Waals surface area contributed by atoms with Crippen LogP contribution in [0.15, 0.2) is 18.2 Å². The Morgan fingerprint density at radius 2 is 1.95 bits per heavy atom. The van der Waals surface area contributed by atoms with Gasteiger partial charge in [-0.3, -0.25) is 9.69 Å². The van der Waals surface area contributed by atoms with Crippen molar-refractivity contribution in [3.63, 3.8) is 0 Å². The minimum Gasteiger partial charge on any atom is -0.481 e. The van der Waals surface area contributed by atoms with E-state index >= 15 is 0 Å². The van der Waals surface area contributed by atoms with Gasteiger partial charge in [-0.2, -0.15) is 13.2 Å². The highest BCUT2D eigenvalue weighted by Gasteiger charge is 2.52. The number of nitrogens with zero attached hydrogens (tertiary/aromatic N) is 1. The van der Waals surface area contributed by atoms with Gasteiger partial charge in [-0.15, -0.1) is 0 Å². The van der Waals surface area contributed by atoms with Crippen LogP contribution in [0.1, 0.15) is 23.1 Å². The third-order valence-corrected chi connectivity index (χ3v) is 4.70. The molecule has 0 radical (unpaired) electrons. The number of rotatable bonds is 3. The SMILES string of the molecule is O=C(O)[C@@H]1CN(Cc2ccc3c(c2)CCC3)C[C@H]1C(F)(F)F. The van der Waals surface area contributed by atoms with Crippen molar-refractivity contribution < 1.29 is 23.1 Å². The van der Waals surface area contributed by atoms with E-state index < -0.39 is 24.0 Å². The maximum absolute atomic E-state index is 13.0. The lowest BCUT2D eigenvalue weighted by Gasteiger charge is -2.18. The number of benzene rings is 1. The average Bonchev–Trinajstić information content (AvgIpc) is 3.03. The maximum atomic E-state index is 13.0. The highest BCUT2D eigenvalue weighted by molar-refractivity contribution is 5.71. The molecule has 0 bridgehead atoms. The number of aliphatic carboxylic acids is 1. The van der Waals surface area contributed by atoms with E-state index in [-0.39, 0.29) is 13.1 Å². The number of carboxylic acid groups (broad SMARTS) is 1. The third kappa shape index (κ3) is 2.97. The minimum atomic E-state index is -4.46. The highest BCUT2D eigenvalue weighted by atomic mass is 19.4. The Kier molecular flexibility index (Phi) is 3.89. The summed E-state index contributed by atoms with van der Waals surface area (Å²) in [5.41, 5.74) is 3.56. The van der Waals surface area contributed by atoms with Crippen LogP contribution >= 0.6 is 0 Å². The van der Waals surface area contributed by atoms with Crippen LogP contribution in [0.5, 0.6) is 0 Å². The van der Waals surface area contributed by atoms with Gasteiger partial charge in [0.15, 0.2) is 0 Å². The Bertz CT molecular complexity index is 585. The summed E-state index contributed by atoms with van der Waals surface area (Å²) in [6.07, 6.45) is -1.25. The van der Waals surface area contributed by atoms with E-state index in [4.69, 9.17) is 5.11 Å². The molecule has 1 aromatic carbocycles. The van der Waals surface area contributed by atoms with Crippen molar-refractivity contribution in [1.82, 2.24) is 4.90 Å². The van der Waals surface area contributed by atoms with Crippen LogP contribution in [0.4, 0.5) is 13.2 Å². The molecule has 0 spiro atoms. The van der Waals surface area contributed by atoms with Crippen LogP contribution in [0, 0.1) is 11.8 Å². The number of hydrogen-bond donors (Lipinski definition) is 1. The molecule has 1 saturated heterocycles. The zero-order valence-corrected chi connectivity index (χ0v) is 12.1. The summed E-state index contributed by atoms with van der Waals surface area (Å²) in [7, 11) is 0. The summed E-state index contributed by atoms with van der Waals surface area (Å²) in [4.78, 5) is 12.7. The second-order valence-electron chi connectivity index (χ2n) is 6.24. The van der Waals surface area contributed by atoms with Gasteiger partial charge >= 0.3 is 12.1 Å². The van der Waals surface area contributed by atoms with Gasteiger partial charge in [0.05, 0.1) is 11.8 Å². The summed E-state index contributed by atoms with van der Waals surface area (Å²) >= 11 is 0. The summed E-state index contributed by atoms with van der Waals surface area (Å²) in [5, 5.41) is 9.03. The van der Waals surface area contributed by atoms with Crippen molar-refractivity contribution in [2.75, 3.05) is 13.1 Å². The van der Waals surface area contributed by atoms with Crippen molar-refractivity contribution in [3.05, 3.63) is 34.9 Å². The van der Waals surface area contributed by atoms with Crippen LogP contribution in [0.3, 0.4) is 0 Å². The monoisotopic (exact) mass is 313 g/mol. The fraction of sp³-hybridized carbons (Fsp3) is 0.562. The molecule has 2 atom stereocenters. The standard InChI is InChI=1S/C16H18F3NO2/c17-16(18,19)14-9-20(8-13(14)15(21)22)7-10-4-5-11-2-1-3-12(11)6-10/h4-6,13-14H,1-3,7-9H2,(H,21,22)/t13-,14-/m1/s1. The van der Waals surface area contributed by atoms with Crippen LogP contribution in [0.25, 0.3) is 0 Å². The Morgan fingerprint density at radius 3 is 2.59 bits per heavy atom. The highest BCUT2D eigenvalue weighted by Crippen LogP contribution is 2.38. The summed E-state index contributed by atoms with van der Waals surface area (Å²) < 4.78 is 38.9. The topological polar surface area (TPSA) is 40.5 Å². The molecule has 1 aromatic rings. The van der Waals surface area contributed by atoms with Gasteiger partial charge in [0.25, 0.3) is 0 Å². The fourth-order valence-electron chi connectivity index (χ4n) is 3.58. The molecule has 3 nitrogen and oxygen atoms in total. The van der Waals surface area contributed by atoms with Crippen molar-refractivity contribution in [3.8, 4) is 0 Å². The van der Waals surface area contributed by atoms with E-state index in [1.807, 2.05) is 12.1 Å². The zero-order valence-electron chi connectivity index (χ0n) is 12.1. The molecule has 22 heavy (non-hydrogen) atoms. The second kappa shape index (κ2) is 5.57. The van der Waals surface area contributed by atoms with Gasteiger partial charge in [-0.05, 0) is 36.0 Å². The number of fused-ring (bicyclic) bond motifs is 1. The smallest absolute Gasteiger partial charge is 0.393 e. The quantitative estimate of drug-likeness (QED) is 0.933.